The number of fused-ring (bicyclic) bond motifs is 1. The van der Waals surface area contributed by atoms with Crippen molar-refractivity contribution >= 4 is 15.7 Å². The summed E-state index contributed by atoms with van der Waals surface area (Å²) in [7, 11) is 0.585. The lowest BCUT2D eigenvalue weighted by atomic mass is 10.0. The number of hydrogen-bond donors (Lipinski definition) is 0. The van der Waals surface area contributed by atoms with Gasteiger partial charge < -0.3 is 9.80 Å². The van der Waals surface area contributed by atoms with Crippen molar-refractivity contribution in [2.24, 2.45) is 0 Å². The molecule has 8 heteroatoms. The molecule has 7 nitrogen and oxygen atoms in total. The molecule has 0 unspecified atom stereocenters. The molecule has 3 rings (SSSR count). The van der Waals surface area contributed by atoms with E-state index in [1.54, 1.807) is 17.3 Å². The highest BCUT2D eigenvalue weighted by Crippen LogP contribution is 2.28. The van der Waals surface area contributed by atoms with Gasteiger partial charge in [-0.25, -0.2) is 8.42 Å². The lowest BCUT2D eigenvalue weighted by Crippen LogP contribution is -2.61. The van der Waals surface area contributed by atoms with E-state index < -0.39 is 9.84 Å². The van der Waals surface area contributed by atoms with Crippen molar-refractivity contribution in [3.05, 3.63) is 30.1 Å². The summed E-state index contributed by atoms with van der Waals surface area (Å²) in [5.74, 6) is 0.216. The molecule has 3 heterocycles. The van der Waals surface area contributed by atoms with Crippen molar-refractivity contribution in [2.45, 2.75) is 18.6 Å². The summed E-state index contributed by atoms with van der Waals surface area (Å²) in [6.07, 6.45) is 3.49. The minimum absolute atomic E-state index is 0.00987. The van der Waals surface area contributed by atoms with Crippen LogP contribution >= 0.6 is 0 Å². The molecular formula is C16H24N4O3S. The molecule has 0 N–H and O–H groups in total. The average molecular weight is 352 g/mol. The molecule has 1 aromatic rings. The fraction of sp³-hybridized carbons (Fsp3) is 0.625. The molecule has 0 aromatic carbocycles. The molecule has 1 aromatic heterocycles. The molecule has 0 bridgehead atoms. The van der Waals surface area contributed by atoms with Crippen molar-refractivity contribution in [3.8, 4) is 0 Å². The third-order valence-electron chi connectivity index (χ3n) is 4.70. The molecule has 1 amide bonds. The lowest BCUT2D eigenvalue weighted by molar-refractivity contribution is -0.137. The summed E-state index contributed by atoms with van der Waals surface area (Å²) in [5, 5.41) is 0. The van der Waals surface area contributed by atoms with E-state index in [4.69, 9.17) is 0 Å². The van der Waals surface area contributed by atoms with Crippen molar-refractivity contribution in [2.75, 3.05) is 45.2 Å². The summed E-state index contributed by atoms with van der Waals surface area (Å²) in [6.45, 7) is 2.27. The lowest BCUT2D eigenvalue weighted by Gasteiger charge is -2.44. The molecule has 24 heavy (non-hydrogen) atoms. The predicted molar refractivity (Wildman–Crippen MR) is 91.1 cm³/mol. The summed E-state index contributed by atoms with van der Waals surface area (Å²) in [5.41, 5.74) is 1.11. The Bertz CT molecular complexity index is 693. The Labute approximate surface area is 143 Å². The smallest absolute Gasteiger partial charge is 0.237 e. The summed E-state index contributed by atoms with van der Waals surface area (Å²) < 4.78 is 24.4. The second kappa shape index (κ2) is 6.78. The van der Waals surface area contributed by atoms with E-state index in [1.807, 2.05) is 31.1 Å². The number of nitrogens with zero attached hydrogens (tertiary/aromatic N) is 4. The highest BCUT2D eigenvalue weighted by atomic mass is 32.2. The number of aromatic nitrogens is 1. The number of pyridine rings is 1. The van der Waals surface area contributed by atoms with Crippen LogP contribution in [0.5, 0.6) is 0 Å². The third kappa shape index (κ3) is 3.76. The SMILES string of the molecule is CN(C)CC(=O)N1CCN(Cc2ccncc2)[C@@H]2CS(=O)(=O)C[C@@H]21. The van der Waals surface area contributed by atoms with Crippen LogP contribution < -0.4 is 0 Å². The second-order valence-corrected chi connectivity index (χ2v) is 9.02. The van der Waals surface area contributed by atoms with Gasteiger partial charge in [-0.3, -0.25) is 14.7 Å². The van der Waals surface area contributed by atoms with Crippen LogP contribution in [0.25, 0.3) is 0 Å². The van der Waals surface area contributed by atoms with E-state index in [0.29, 0.717) is 26.2 Å². The molecule has 0 radical (unpaired) electrons. The van der Waals surface area contributed by atoms with Gasteiger partial charge in [0.25, 0.3) is 0 Å². The van der Waals surface area contributed by atoms with E-state index in [-0.39, 0.29) is 29.5 Å². The van der Waals surface area contributed by atoms with Crippen LogP contribution in [-0.2, 0) is 21.2 Å². The Morgan fingerprint density at radius 1 is 1.21 bits per heavy atom. The van der Waals surface area contributed by atoms with Crippen LogP contribution in [0, 0.1) is 0 Å². The number of carbonyl (C=O) groups excluding carboxylic acids is 1. The largest absolute Gasteiger partial charge is 0.335 e. The summed E-state index contributed by atoms with van der Waals surface area (Å²) in [6, 6.07) is 3.53. The zero-order valence-corrected chi connectivity index (χ0v) is 14.9. The number of piperazine rings is 1. The monoisotopic (exact) mass is 352 g/mol. The van der Waals surface area contributed by atoms with Crippen molar-refractivity contribution in [1.82, 2.24) is 19.7 Å². The molecule has 132 valence electrons. The van der Waals surface area contributed by atoms with E-state index in [1.165, 1.54) is 0 Å². The summed E-state index contributed by atoms with van der Waals surface area (Å²) in [4.78, 5) is 22.3. The predicted octanol–water partition coefficient (Wildman–Crippen LogP) is -0.547. The van der Waals surface area contributed by atoms with Gasteiger partial charge in [-0.15, -0.1) is 0 Å². The first-order chi connectivity index (χ1) is 11.4. The van der Waals surface area contributed by atoms with E-state index in [9.17, 15) is 13.2 Å². The van der Waals surface area contributed by atoms with Crippen molar-refractivity contribution in [3.63, 3.8) is 0 Å². The highest BCUT2D eigenvalue weighted by molar-refractivity contribution is 7.91. The second-order valence-electron chi connectivity index (χ2n) is 6.86. The number of amides is 1. The number of hydrogen-bond acceptors (Lipinski definition) is 6. The average Bonchev–Trinajstić information content (AvgIpc) is 2.83. The Kier molecular flexibility index (Phi) is 4.89. The molecule has 0 spiro atoms. The summed E-state index contributed by atoms with van der Waals surface area (Å²) >= 11 is 0. The maximum Gasteiger partial charge on any atom is 0.237 e. The topological polar surface area (TPSA) is 73.8 Å². The first-order valence-corrected chi connectivity index (χ1v) is 9.95. The highest BCUT2D eigenvalue weighted by Gasteiger charge is 2.47. The quantitative estimate of drug-likeness (QED) is 0.724. The minimum atomic E-state index is -3.11. The zero-order chi connectivity index (χ0) is 17.3. The van der Waals surface area contributed by atoms with Gasteiger partial charge in [-0.05, 0) is 31.8 Å². The first-order valence-electron chi connectivity index (χ1n) is 8.13. The minimum Gasteiger partial charge on any atom is -0.335 e. The molecule has 2 saturated heterocycles. The van der Waals surface area contributed by atoms with E-state index in [2.05, 4.69) is 9.88 Å². The van der Waals surface area contributed by atoms with E-state index >= 15 is 0 Å². The van der Waals surface area contributed by atoms with Crippen molar-refractivity contribution < 1.29 is 13.2 Å². The van der Waals surface area contributed by atoms with Gasteiger partial charge in [0.15, 0.2) is 9.84 Å². The molecule has 2 fully saturated rings. The molecule has 2 atom stereocenters. The van der Waals surface area contributed by atoms with Gasteiger partial charge in [-0.1, -0.05) is 0 Å². The van der Waals surface area contributed by atoms with E-state index in [0.717, 1.165) is 5.56 Å². The van der Waals surface area contributed by atoms with Gasteiger partial charge >= 0.3 is 0 Å². The maximum atomic E-state index is 12.5. The fourth-order valence-corrected chi connectivity index (χ4v) is 5.63. The van der Waals surface area contributed by atoms with Crippen LogP contribution in [-0.4, -0.2) is 91.3 Å². The number of carbonyl (C=O) groups is 1. The van der Waals surface area contributed by atoms with Gasteiger partial charge in [-0.2, -0.15) is 0 Å². The molecule has 2 aliphatic rings. The number of sulfone groups is 1. The normalized spacial score (nSPS) is 26.5. The Hall–Kier alpha value is -1.51. The third-order valence-corrected chi connectivity index (χ3v) is 6.40. The fourth-order valence-electron chi connectivity index (χ4n) is 3.61. The first kappa shape index (κ1) is 17.3. The van der Waals surface area contributed by atoms with Crippen LogP contribution in [0.3, 0.4) is 0 Å². The van der Waals surface area contributed by atoms with Gasteiger partial charge in [0.05, 0.1) is 24.1 Å². The van der Waals surface area contributed by atoms with Gasteiger partial charge in [0.2, 0.25) is 5.91 Å². The standard InChI is InChI=1S/C16H24N4O3S/c1-18(2)10-16(21)20-8-7-19(9-13-3-5-17-6-4-13)14-11-24(22,23)12-15(14)20/h3-6,14-15H,7-12H2,1-2H3/t14-,15+/m1/s1. The number of likely N-dealkylation sites (N-methyl/N-ethyl adjacent to an activating group) is 1. The molecular weight excluding hydrogens is 328 g/mol. The van der Waals surface area contributed by atoms with Gasteiger partial charge in [0, 0.05) is 38.1 Å². The van der Waals surface area contributed by atoms with Gasteiger partial charge in [0.1, 0.15) is 0 Å². The molecule has 0 aliphatic carbocycles. The van der Waals surface area contributed by atoms with Crippen LogP contribution in [0.4, 0.5) is 0 Å². The Morgan fingerprint density at radius 2 is 1.88 bits per heavy atom. The number of rotatable bonds is 4. The molecule has 2 aliphatic heterocycles. The molecule has 0 saturated carbocycles. The maximum absolute atomic E-state index is 12.5. The zero-order valence-electron chi connectivity index (χ0n) is 14.1. The van der Waals surface area contributed by atoms with Crippen LogP contribution in [0.1, 0.15) is 5.56 Å². The van der Waals surface area contributed by atoms with Crippen LogP contribution in [0.15, 0.2) is 24.5 Å². The Balaban J connectivity index is 1.78. The Morgan fingerprint density at radius 3 is 2.54 bits per heavy atom. The van der Waals surface area contributed by atoms with Crippen molar-refractivity contribution in [1.29, 1.82) is 0 Å². The van der Waals surface area contributed by atoms with Crippen LogP contribution in [0.2, 0.25) is 0 Å².